The molecule has 0 amide bonds. The van der Waals surface area contributed by atoms with Crippen molar-refractivity contribution in [2.24, 2.45) is 0 Å². The first kappa shape index (κ1) is 12.3. The lowest BCUT2D eigenvalue weighted by Crippen LogP contribution is -1.97. The molecule has 0 fully saturated rings. The second kappa shape index (κ2) is 5.48. The number of hydrogen-bond donors (Lipinski definition) is 0. The standard InChI is InChI=1S/C13H10Cl2FN/c14-12(9-1-3-11(16)4-2-9)7-10-5-6-17-8-13(10)15/h1-6,8,12H,7H2. The van der Waals surface area contributed by atoms with E-state index in [-0.39, 0.29) is 11.2 Å². The normalized spacial score (nSPS) is 12.4. The van der Waals surface area contributed by atoms with Crippen molar-refractivity contribution >= 4 is 23.2 Å². The molecule has 0 aliphatic heterocycles. The Morgan fingerprint density at radius 3 is 2.53 bits per heavy atom. The van der Waals surface area contributed by atoms with Gasteiger partial charge >= 0.3 is 0 Å². The zero-order chi connectivity index (χ0) is 12.3. The van der Waals surface area contributed by atoms with E-state index >= 15 is 0 Å². The molecule has 0 aliphatic rings. The largest absolute Gasteiger partial charge is 0.263 e. The summed E-state index contributed by atoms with van der Waals surface area (Å²) in [6.07, 6.45) is 3.86. The zero-order valence-electron chi connectivity index (χ0n) is 8.91. The van der Waals surface area contributed by atoms with Gasteiger partial charge in [-0.2, -0.15) is 0 Å². The molecule has 1 atom stereocenters. The summed E-state index contributed by atoms with van der Waals surface area (Å²) in [6.45, 7) is 0. The van der Waals surface area contributed by atoms with Crippen molar-refractivity contribution in [3.05, 3.63) is 64.7 Å². The van der Waals surface area contributed by atoms with Crippen LogP contribution in [0.3, 0.4) is 0 Å². The number of aromatic nitrogens is 1. The molecule has 17 heavy (non-hydrogen) atoms. The summed E-state index contributed by atoms with van der Waals surface area (Å²) in [4.78, 5) is 3.91. The van der Waals surface area contributed by atoms with Gasteiger partial charge in [-0.1, -0.05) is 23.7 Å². The summed E-state index contributed by atoms with van der Waals surface area (Å²) >= 11 is 12.3. The minimum absolute atomic E-state index is 0.226. The van der Waals surface area contributed by atoms with Crippen LogP contribution in [-0.2, 0) is 6.42 Å². The van der Waals surface area contributed by atoms with Gasteiger partial charge in [0, 0.05) is 12.4 Å². The van der Waals surface area contributed by atoms with Crippen molar-refractivity contribution in [3.63, 3.8) is 0 Å². The Hall–Kier alpha value is -1.12. The fourth-order valence-electron chi connectivity index (χ4n) is 1.55. The third-order valence-corrected chi connectivity index (χ3v) is 3.23. The SMILES string of the molecule is Fc1ccc(C(Cl)Cc2ccncc2Cl)cc1. The van der Waals surface area contributed by atoms with Crippen LogP contribution in [0, 0.1) is 5.82 Å². The molecular weight excluding hydrogens is 260 g/mol. The maximum atomic E-state index is 12.8. The van der Waals surface area contributed by atoms with Gasteiger partial charge in [0.1, 0.15) is 5.82 Å². The van der Waals surface area contributed by atoms with Crippen LogP contribution in [0.2, 0.25) is 5.02 Å². The van der Waals surface area contributed by atoms with Crippen molar-refractivity contribution in [1.29, 1.82) is 0 Å². The number of rotatable bonds is 3. The van der Waals surface area contributed by atoms with E-state index in [4.69, 9.17) is 23.2 Å². The molecule has 88 valence electrons. The molecule has 0 saturated carbocycles. The van der Waals surface area contributed by atoms with Crippen molar-refractivity contribution in [2.45, 2.75) is 11.8 Å². The van der Waals surface area contributed by atoms with Crippen molar-refractivity contribution < 1.29 is 4.39 Å². The van der Waals surface area contributed by atoms with E-state index < -0.39 is 0 Å². The molecule has 0 radical (unpaired) electrons. The van der Waals surface area contributed by atoms with Crippen LogP contribution in [-0.4, -0.2) is 4.98 Å². The molecular formula is C13H10Cl2FN. The van der Waals surface area contributed by atoms with E-state index in [0.717, 1.165) is 11.1 Å². The lowest BCUT2D eigenvalue weighted by molar-refractivity contribution is 0.626. The monoisotopic (exact) mass is 269 g/mol. The molecule has 2 rings (SSSR count). The van der Waals surface area contributed by atoms with Gasteiger partial charge in [0.2, 0.25) is 0 Å². The summed E-state index contributed by atoms with van der Waals surface area (Å²) < 4.78 is 12.8. The molecule has 0 bridgehead atoms. The van der Waals surface area contributed by atoms with Crippen LogP contribution in [0.4, 0.5) is 4.39 Å². The van der Waals surface area contributed by atoms with Gasteiger partial charge in [0.15, 0.2) is 0 Å². The van der Waals surface area contributed by atoms with E-state index in [9.17, 15) is 4.39 Å². The second-order valence-corrected chi connectivity index (χ2v) is 4.62. The van der Waals surface area contributed by atoms with Crippen LogP contribution in [0.25, 0.3) is 0 Å². The average Bonchev–Trinajstić information content (AvgIpc) is 2.33. The van der Waals surface area contributed by atoms with Crippen molar-refractivity contribution in [3.8, 4) is 0 Å². The fraction of sp³-hybridized carbons (Fsp3) is 0.154. The lowest BCUT2D eigenvalue weighted by Gasteiger charge is -2.10. The van der Waals surface area contributed by atoms with Gasteiger partial charge in [-0.05, 0) is 35.7 Å². The van der Waals surface area contributed by atoms with Gasteiger partial charge in [-0.3, -0.25) is 4.98 Å². The van der Waals surface area contributed by atoms with Gasteiger partial charge in [0.05, 0.1) is 10.4 Å². The van der Waals surface area contributed by atoms with Crippen LogP contribution >= 0.6 is 23.2 Å². The van der Waals surface area contributed by atoms with Crippen LogP contribution < -0.4 is 0 Å². The third-order valence-electron chi connectivity index (χ3n) is 2.49. The Kier molecular flexibility index (Phi) is 3.97. The molecule has 0 aliphatic carbocycles. The Balaban J connectivity index is 2.14. The minimum Gasteiger partial charge on any atom is -0.263 e. The molecule has 1 unspecified atom stereocenters. The summed E-state index contributed by atoms with van der Waals surface area (Å²) in [5.74, 6) is -0.264. The molecule has 1 aromatic carbocycles. The highest BCUT2D eigenvalue weighted by Gasteiger charge is 2.11. The van der Waals surface area contributed by atoms with Crippen LogP contribution in [0.15, 0.2) is 42.7 Å². The molecule has 0 N–H and O–H groups in total. The smallest absolute Gasteiger partial charge is 0.123 e. The molecule has 1 nitrogen and oxygen atoms in total. The first-order chi connectivity index (χ1) is 8.16. The van der Waals surface area contributed by atoms with Gasteiger partial charge < -0.3 is 0 Å². The summed E-state index contributed by atoms with van der Waals surface area (Å²) in [5, 5.41) is 0.371. The lowest BCUT2D eigenvalue weighted by atomic mass is 10.0. The Morgan fingerprint density at radius 1 is 1.18 bits per heavy atom. The topological polar surface area (TPSA) is 12.9 Å². The maximum Gasteiger partial charge on any atom is 0.123 e. The van der Waals surface area contributed by atoms with E-state index in [1.54, 1.807) is 24.5 Å². The van der Waals surface area contributed by atoms with Gasteiger partial charge in [-0.15, -0.1) is 11.6 Å². The highest BCUT2D eigenvalue weighted by atomic mass is 35.5. The number of hydrogen-bond acceptors (Lipinski definition) is 1. The van der Waals surface area contributed by atoms with Crippen LogP contribution in [0.1, 0.15) is 16.5 Å². The van der Waals surface area contributed by atoms with E-state index in [1.165, 1.54) is 12.1 Å². The van der Waals surface area contributed by atoms with E-state index in [2.05, 4.69) is 4.98 Å². The number of nitrogens with zero attached hydrogens (tertiary/aromatic N) is 1. The van der Waals surface area contributed by atoms with E-state index in [1.807, 2.05) is 6.07 Å². The Morgan fingerprint density at radius 2 is 1.88 bits per heavy atom. The predicted octanol–water partition coefficient (Wildman–Crippen LogP) is 4.40. The number of pyridine rings is 1. The molecule has 4 heteroatoms. The van der Waals surface area contributed by atoms with Crippen molar-refractivity contribution in [2.75, 3.05) is 0 Å². The van der Waals surface area contributed by atoms with Gasteiger partial charge in [-0.25, -0.2) is 4.39 Å². The van der Waals surface area contributed by atoms with E-state index in [0.29, 0.717) is 11.4 Å². The average molecular weight is 270 g/mol. The first-order valence-electron chi connectivity index (χ1n) is 5.15. The Bertz CT molecular complexity index is 499. The summed E-state index contributed by atoms with van der Waals surface area (Å²) in [6, 6.07) is 8.00. The predicted molar refractivity (Wildman–Crippen MR) is 67.9 cm³/mol. The number of alkyl halides is 1. The quantitative estimate of drug-likeness (QED) is 0.753. The van der Waals surface area contributed by atoms with Crippen LogP contribution in [0.5, 0.6) is 0 Å². The molecule has 1 heterocycles. The Labute approximate surface area is 109 Å². The highest BCUT2D eigenvalue weighted by Crippen LogP contribution is 2.27. The first-order valence-corrected chi connectivity index (χ1v) is 5.96. The second-order valence-electron chi connectivity index (χ2n) is 3.69. The number of benzene rings is 1. The molecule has 0 saturated heterocycles. The van der Waals surface area contributed by atoms with Gasteiger partial charge in [0.25, 0.3) is 0 Å². The summed E-state index contributed by atoms with van der Waals surface area (Å²) in [5.41, 5.74) is 1.81. The molecule has 2 aromatic rings. The highest BCUT2D eigenvalue weighted by molar-refractivity contribution is 6.31. The number of halogens is 3. The third kappa shape index (κ3) is 3.18. The fourth-order valence-corrected chi connectivity index (χ4v) is 2.06. The molecule has 0 spiro atoms. The maximum absolute atomic E-state index is 12.8. The van der Waals surface area contributed by atoms with Crippen molar-refractivity contribution in [1.82, 2.24) is 4.98 Å². The minimum atomic E-state index is -0.264. The molecule has 1 aromatic heterocycles. The summed E-state index contributed by atoms with van der Waals surface area (Å²) in [7, 11) is 0. The zero-order valence-corrected chi connectivity index (χ0v) is 10.4.